The number of anilines is 2. The number of carbonyl (C=O) groups is 2. The van der Waals surface area contributed by atoms with Crippen LogP contribution in [-0.2, 0) is 4.79 Å². The van der Waals surface area contributed by atoms with Gasteiger partial charge in [0.05, 0.1) is 0 Å². The fourth-order valence-electron chi connectivity index (χ4n) is 3.15. The van der Waals surface area contributed by atoms with Gasteiger partial charge < -0.3 is 10.6 Å². The third-order valence-corrected chi connectivity index (χ3v) is 4.39. The van der Waals surface area contributed by atoms with Crippen LogP contribution in [0.1, 0.15) is 42.5 Å². The van der Waals surface area contributed by atoms with Crippen LogP contribution in [0.4, 0.5) is 11.4 Å². The van der Waals surface area contributed by atoms with Crippen molar-refractivity contribution >= 4 is 23.2 Å². The summed E-state index contributed by atoms with van der Waals surface area (Å²) >= 11 is 0. The Morgan fingerprint density at radius 1 is 0.875 bits per heavy atom. The molecule has 2 aromatic rings. The number of nitrogens with one attached hydrogen (secondary N) is 2. The Labute approximate surface area is 142 Å². The second-order valence-corrected chi connectivity index (χ2v) is 6.30. The lowest BCUT2D eigenvalue weighted by Crippen LogP contribution is -2.16. The van der Waals surface area contributed by atoms with E-state index in [4.69, 9.17) is 0 Å². The van der Waals surface area contributed by atoms with Crippen molar-refractivity contribution in [2.75, 3.05) is 10.6 Å². The molecule has 1 aliphatic carbocycles. The quantitative estimate of drug-likeness (QED) is 0.854. The number of hydrogen-bond acceptors (Lipinski definition) is 2. The van der Waals surface area contributed by atoms with Crippen molar-refractivity contribution < 1.29 is 9.59 Å². The first-order valence-corrected chi connectivity index (χ1v) is 8.47. The molecular formula is C20H22N2O2. The van der Waals surface area contributed by atoms with Crippen LogP contribution in [0.5, 0.6) is 0 Å². The molecule has 0 aliphatic heterocycles. The highest BCUT2D eigenvalue weighted by molar-refractivity contribution is 6.05. The Morgan fingerprint density at radius 3 is 2.33 bits per heavy atom. The molecule has 0 radical (unpaired) electrons. The smallest absolute Gasteiger partial charge is 0.255 e. The second kappa shape index (κ2) is 7.77. The molecule has 0 unspecified atom stereocenters. The van der Waals surface area contributed by atoms with E-state index >= 15 is 0 Å². The first-order chi connectivity index (χ1) is 11.7. The molecule has 2 amide bonds. The lowest BCUT2D eigenvalue weighted by molar-refractivity contribution is -0.117. The van der Waals surface area contributed by atoms with Gasteiger partial charge in [0.2, 0.25) is 5.91 Å². The Bertz CT molecular complexity index is 707. The van der Waals surface area contributed by atoms with Crippen molar-refractivity contribution in [2.45, 2.75) is 32.1 Å². The minimum Gasteiger partial charge on any atom is -0.326 e. The van der Waals surface area contributed by atoms with Gasteiger partial charge in [-0.1, -0.05) is 37.1 Å². The van der Waals surface area contributed by atoms with E-state index in [0.717, 1.165) is 18.5 Å². The van der Waals surface area contributed by atoms with E-state index < -0.39 is 0 Å². The Hall–Kier alpha value is -2.62. The molecule has 4 heteroatoms. The monoisotopic (exact) mass is 322 g/mol. The van der Waals surface area contributed by atoms with Crippen molar-refractivity contribution in [1.82, 2.24) is 0 Å². The number of hydrogen-bond donors (Lipinski definition) is 2. The third kappa shape index (κ3) is 4.44. The van der Waals surface area contributed by atoms with E-state index in [0.29, 0.717) is 23.6 Å². The van der Waals surface area contributed by atoms with Gasteiger partial charge in [0.25, 0.3) is 5.91 Å². The summed E-state index contributed by atoms with van der Waals surface area (Å²) in [5, 5.41) is 5.75. The standard InChI is InChI=1S/C20H22N2O2/c23-19(13-15-7-4-5-8-15)21-18-12-6-9-16(14-18)20(24)22-17-10-2-1-3-11-17/h1-3,6,9-12,14-15H,4-5,7-8,13H2,(H,21,23)(H,22,24). The van der Waals surface area contributed by atoms with E-state index in [1.54, 1.807) is 18.2 Å². The highest BCUT2D eigenvalue weighted by Crippen LogP contribution is 2.27. The largest absolute Gasteiger partial charge is 0.326 e. The molecule has 2 N–H and O–H groups in total. The highest BCUT2D eigenvalue weighted by Gasteiger charge is 2.18. The number of rotatable bonds is 5. The molecule has 0 heterocycles. The van der Waals surface area contributed by atoms with Gasteiger partial charge in [-0.05, 0) is 49.1 Å². The molecular weight excluding hydrogens is 300 g/mol. The zero-order valence-corrected chi connectivity index (χ0v) is 13.6. The van der Waals surface area contributed by atoms with E-state index in [1.165, 1.54) is 12.8 Å². The Balaban J connectivity index is 1.60. The topological polar surface area (TPSA) is 58.2 Å². The van der Waals surface area contributed by atoms with Gasteiger partial charge >= 0.3 is 0 Å². The van der Waals surface area contributed by atoms with Crippen LogP contribution in [0.25, 0.3) is 0 Å². The zero-order valence-electron chi connectivity index (χ0n) is 13.6. The predicted octanol–water partition coefficient (Wildman–Crippen LogP) is 4.46. The SMILES string of the molecule is O=C(CC1CCCC1)Nc1cccc(C(=O)Nc2ccccc2)c1. The summed E-state index contributed by atoms with van der Waals surface area (Å²) in [6.45, 7) is 0. The molecule has 0 spiro atoms. The van der Waals surface area contributed by atoms with Crippen LogP contribution in [0.2, 0.25) is 0 Å². The maximum Gasteiger partial charge on any atom is 0.255 e. The van der Waals surface area contributed by atoms with Crippen LogP contribution >= 0.6 is 0 Å². The van der Waals surface area contributed by atoms with Gasteiger partial charge in [-0.25, -0.2) is 0 Å². The molecule has 24 heavy (non-hydrogen) atoms. The average molecular weight is 322 g/mol. The molecule has 3 rings (SSSR count). The summed E-state index contributed by atoms with van der Waals surface area (Å²) in [6, 6.07) is 16.4. The van der Waals surface area contributed by atoms with Gasteiger partial charge in [-0.3, -0.25) is 9.59 Å². The molecule has 1 fully saturated rings. The Morgan fingerprint density at radius 2 is 1.58 bits per heavy atom. The van der Waals surface area contributed by atoms with Crippen LogP contribution in [-0.4, -0.2) is 11.8 Å². The molecule has 0 aromatic heterocycles. The lowest BCUT2D eigenvalue weighted by Gasteiger charge is -2.11. The van der Waals surface area contributed by atoms with E-state index in [-0.39, 0.29) is 11.8 Å². The number of amides is 2. The summed E-state index contributed by atoms with van der Waals surface area (Å²) in [5.41, 5.74) is 1.94. The molecule has 0 bridgehead atoms. The molecule has 0 saturated heterocycles. The fourth-order valence-corrected chi connectivity index (χ4v) is 3.15. The summed E-state index contributed by atoms with van der Waals surface area (Å²) in [5.74, 6) is 0.352. The van der Waals surface area contributed by atoms with E-state index in [1.807, 2.05) is 36.4 Å². The van der Waals surface area contributed by atoms with Gasteiger partial charge in [-0.2, -0.15) is 0 Å². The molecule has 124 valence electrons. The van der Waals surface area contributed by atoms with Crippen molar-refractivity contribution in [3.05, 3.63) is 60.2 Å². The second-order valence-electron chi connectivity index (χ2n) is 6.30. The first-order valence-electron chi connectivity index (χ1n) is 8.47. The normalized spacial score (nSPS) is 14.3. The maximum atomic E-state index is 12.3. The van der Waals surface area contributed by atoms with Gasteiger partial charge in [-0.15, -0.1) is 0 Å². The molecule has 2 aromatic carbocycles. The molecule has 1 saturated carbocycles. The number of carbonyl (C=O) groups excluding carboxylic acids is 2. The number of para-hydroxylation sites is 1. The van der Waals surface area contributed by atoms with Crippen molar-refractivity contribution in [3.8, 4) is 0 Å². The summed E-state index contributed by atoms with van der Waals surface area (Å²) in [7, 11) is 0. The predicted molar refractivity (Wildman–Crippen MR) is 96.0 cm³/mol. The van der Waals surface area contributed by atoms with Gasteiger partial charge in [0, 0.05) is 23.4 Å². The van der Waals surface area contributed by atoms with Crippen LogP contribution < -0.4 is 10.6 Å². The van der Waals surface area contributed by atoms with Gasteiger partial charge in [0.15, 0.2) is 0 Å². The van der Waals surface area contributed by atoms with Crippen LogP contribution in [0.3, 0.4) is 0 Å². The Kier molecular flexibility index (Phi) is 5.26. The summed E-state index contributed by atoms with van der Waals surface area (Å²) in [6.07, 6.45) is 5.32. The molecule has 1 aliphatic rings. The van der Waals surface area contributed by atoms with Crippen LogP contribution in [0, 0.1) is 5.92 Å². The van der Waals surface area contributed by atoms with E-state index in [2.05, 4.69) is 10.6 Å². The fraction of sp³-hybridized carbons (Fsp3) is 0.300. The summed E-state index contributed by atoms with van der Waals surface area (Å²) < 4.78 is 0. The highest BCUT2D eigenvalue weighted by atomic mass is 16.2. The van der Waals surface area contributed by atoms with E-state index in [9.17, 15) is 9.59 Å². The lowest BCUT2D eigenvalue weighted by atomic mass is 10.0. The number of benzene rings is 2. The average Bonchev–Trinajstić information content (AvgIpc) is 3.09. The van der Waals surface area contributed by atoms with Crippen molar-refractivity contribution in [2.24, 2.45) is 5.92 Å². The summed E-state index contributed by atoms with van der Waals surface area (Å²) in [4.78, 5) is 24.4. The third-order valence-electron chi connectivity index (χ3n) is 4.39. The van der Waals surface area contributed by atoms with Crippen molar-refractivity contribution in [3.63, 3.8) is 0 Å². The first kappa shape index (κ1) is 16.2. The molecule has 4 nitrogen and oxygen atoms in total. The van der Waals surface area contributed by atoms with Crippen molar-refractivity contribution in [1.29, 1.82) is 0 Å². The molecule has 0 atom stereocenters. The van der Waals surface area contributed by atoms with Crippen LogP contribution in [0.15, 0.2) is 54.6 Å². The maximum absolute atomic E-state index is 12.3. The zero-order chi connectivity index (χ0) is 16.8. The van der Waals surface area contributed by atoms with Gasteiger partial charge in [0.1, 0.15) is 0 Å². The minimum absolute atomic E-state index is 0.0301. The minimum atomic E-state index is -0.187.